The van der Waals surface area contributed by atoms with Gasteiger partial charge in [0.2, 0.25) is 6.79 Å². The maximum Gasteiger partial charge on any atom is 0.255 e. The first-order valence-corrected chi connectivity index (χ1v) is 8.54. The zero-order valence-electron chi connectivity index (χ0n) is 15.1. The fourth-order valence-electron chi connectivity index (χ4n) is 2.95. The van der Waals surface area contributed by atoms with Gasteiger partial charge in [-0.05, 0) is 43.3 Å². The van der Waals surface area contributed by atoms with Gasteiger partial charge in [0.15, 0.2) is 11.5 Å². The summed E-state index contributed by atoms with van der Waals surface area (Å²) in [7, 11) is 1.60. The van der Waals surface area contributed by atoms with Crippen molar-refractivity contribution in [3.63, 3.8) is 0 Å². The molecule has 138 valence electrons. The van der Waals surface area contributed by atoms with Crippen LogP contribution < -0.4 is 19.5 Å². The molecule has 27 heavy (non-hydrogen) atoms. The van der Waals surface area contributed by atoms with Crippen molar-refractivity contribution in [2.24, 2.45) is 0 Å². The number of hydrogen-bond acceptors (Lipinski definition) is 5. The predicted molar refractivity (Wildman–Crippen MR) is 101 cm³/mol. The number of carbonyl (C=O) groups excluding carboxylic acids is 1. The predicted octanol–water partition coefficient (Wildman–Crippen LogP) is 3.99. The van der Waals surface area contributed by atoms with E-state index in [1.54, 1.807) is 31.4 Å². The largest absolute Gasteiger partial charge is 0.496 e. The lowest BCUT2D eigenvalue weighted by Gasteiger charge is -2.17. The molecule has 6 nitrogen and oxygen atoms in total. The maximum absolute atomic E-state index is 12.5. The van der Waals surface area contributed by atoms with Gasteiger partial charge in [0, 0.05) is 28.5 Å². The maximum atomic E-state index is 12.5. The van der Waals surface area contributed by atoms with Gasteiger partial charge >= 0.3 is 0 Å². The van der Waals surface area contributed by atoms with Crippen molar-refractivity contribution in [2.45, 2.75) is 6.92 Å². The molecule has 0 unspecified atom stereocenters. The van der Waals surface area contributed by atoms with E-state index in [4.69, 9.17) is 18.9 Å². The van der Waals surface area contributed by atoms with Gasteiger partial charge in [0.1, 0.15) is 12.4 Å². The highest BCUT2D eigenvalue weighted by molar-refractivity contribution is 6.05. The molecule has 0 aromatic heterocycles. The number of anilines is 1. The van der Waals surface area contributed by atoms with E-state index in [0.717, 1.165) is 16.9 Å². The molecule has 0 atom stereocenters. The van der Waals surface area contributed by atoms with Crippen LogP contribution in [-0.4, -0.2) is 26.4 Å². The second-order valence-corrected chi connectivity index (χ2v) is 6.20. The van der Waals surface area contributed by atoms with E-state index in [9.17, 15) is 4.79 Å². The van der Waals surface area contributed by atoms with E-state index >= 15 is 0 Å². The quantitative estimate of drug-likeness (QED) is 0.887. The second kappa shape index (κ2) is 7.07. The molecule has 2 aliphatic rings. The third-order valence-electron chi connectivity index (χ3n) is 4.41. The number of allylic oxidation sites excluding steroid dienone is 3. The average molecular weight is 365 g/mol. The number of methoxy groups -OCH3 is 1. The summed E-state index contributed by atoms with van der Waals surface area (Å²) in [5, 5.41) is 2.88. The minimum Gasteiger partial charge on any atom is -0.496 e. The summed E-state index contributed by atoms with van der Waals surface area (Å²) in [5.41, 5.74) is 3.09. The molecule has 2 aliphatic heterocycles. The van der Waals surface area contributed by atoms with E-state index < -0.39 is 0 Å². The molecule has 4 rings (SSSR count). The lowest BCUT2D eigenvalue weighted by Crippen LogP contribution is -2.12. The molecule has 2 heterocycles. The number of hydrogen-bond donors (Lipinski definition) is 1. The van der Waals surface area contributed by atoms with Gasteiger partial charge in [0.05, 0.1) is 12.9 Å². The SMILES string of the molecule is COc1cc(NC(=O)c2ccc3c(c2)OCO3)ccc1C1=CC=C(C)OC1. The Morgan fingerprint density at radius 3 is 2.67 bits per heavy atom. The van der Waals surface area contributed by atoms with Crippen LogP contribution in [0, 0.1) is 0 Å². The number of ether oxygens (including phenoxy) is 4. The Labute approximate surface area is 157 Å². The normalized spacial score (nSPS) is 14.7. The topological polar surface area (TPSA) is 66.0 Å². The smallest absolute Gasteiger partial charge is 0.255 e. The number of benzene rings is 2. The Morgan fingerprint density at radius 1 is 1.04 bits per heavy atom. The molecule has 0 radical (unpaired) electrons. The van der Waals surface area contributed by atoms with Crippen molar-refractivity contribution in [2.75, 3.05) is 25.8 Å². The Hall–Kier alpha value is -3.41. The monoisotopic (exact) mass is 365 g/mol. The van der Waals surface area contributed by atoms with Crippen LogP contribution in [0.1, 0.15) is 22.8 Å². The van der Waals surface area contributed by atoms with E-state index in [1.165, 1.54) is 0 Å². The van der Waals surface area contributed by atoms with E-state index in [-0.39, 0.29) is 12.7 Å². The van der Waals surface area contributed by atoms with Crippen molar-refractivity contribution in [3.05, 3.63) is 65.4 Å². The van der Waals surface area contributed by atoms with E-state index in [0.29, 0.717) is 35.1 Å². The zero-order chi connectivity index (χ0) is 18.8. The molecule has 0 fully saturated rings. The Balaban J connectivity index is 1.55. The first-order chi connectivity index (χ1) is 13.1. The number of fused-ring (bicyclic) bond motifs is 1. The van der Waals surface area contributed by atoms with Crippen LogP contribution in [0.4, 0.5) is 5.69 Å². The van der Waals surface area contributed by atoms with Crippen LogP contribution in [0.25, 0.3) is 5.57 Å². The molecule has 0 spiro atoms. The summed E-state index contributed by atoms with van der Waals surface area (Å²) < 4.78 is 21.7. The average Bonchev–Trinajstić information content (AvgIpc) is 3.16. The molecule has 2 aromatic rings. The fraction of sp³-hybridized carbons (Fsp3) is 0.190. The molecular weight excluding hydrogens is 346 g/mol. The van der Waals surface area contributed by atoms with E-state index in [1.807, 2.05) is 31.2 Å². The summed E-state index contributed by atoms with van der Waals surface area (Å²) in [6.07, 6.45) is 3.94. The summed E-state index contributed by atoms with van der Waals surface area (Å²) in [4.78, 5) is 12.5. The molecule has 0 saturated heterocycles. The minimum atomic E-state index is -0.234. The van der Waals surface area contributed by atoms with Gasteiger partial charge < -0.3 is 24.3 Å². The fourth-order valence-corrected chi connectivity index (χ4v) is 2.95. The number of amides is 1. The van der Waals surface area contributed by atoms with Gasteiger partial charge in [0.25, 0.3) is 5.91 Å². The lowest BCUT2D eigenvalue weighted by molar-refractivity contribution is 0.102. The van der Waals surface area contributed by atoms with Crippen molar-refractivity contribution < 1.29 is 23.7 Å². The highest BCUT2D eigenvalue weighted by Gasteiger charge is 2.17. The van der Waals surface area contributed by atoms with Crippen LogP contribution in [0.5, 0.6) is 17.2 Å². The van der Waals surface area contributed by atoms with Gasteiger partial charge in [-0.2, -0.15) is 0 Å². The summed E-state index contributed by atoms with van der Waals surface area (Å²) in [6.45, 7) is 2.58. The van der Waals surface area contributed by atoms with Crippen molar-refractivity contribution >= 4 is 17.2 Å². The molecule has 0 aliphatic carbocycles. The van der Waals surface area contributed by atoms with Crippen molar-refractivity contribution in [3.8, 4) is 17.2 Å². The standard InChI is InChI=1S/C21H19NO5/c1-13-3-4-15(11-25-13)17-7-6-16(10-19(17)24-2)22-21(23)14-5-8-18-20(9-14)27-12-26-18/h3-10H,11-12H2,1-2H3,(H,22,23). The first-order valence-electron chi connectivity index (χ1n) is 8.54. The molecule has 0 bridgehead atoms. The van der Waals surface area contributed by atoms with Crippen LogP contribution in [0.3, 0.4) is 0 Å². The highest BCUT2D eigenvalue weighted by atomic mass is 16.7. The van der Waals surface area contributed by atoms with Crippen LogP contribution in [-0.2, 0) is 4.74 Å². The zero-order valence-corrected chi connectivity index (χ0v) is 15.1. The molecule has 6 heteroatoms. The van der Waals surface area contributed by atoms with Gasteiger partial charge in [-0.1, -0.05) is 6.08 Å². The number of nitrogens with one attached hydrogen (secondary N) is 1. The van der Waals surface area contributed by atoms with E-state index in [2.05, 4.69) is 5.32 Å². The third kappa shape index (κ3) is 3.46. The third-order valence-corrected chi connectivity index (χ3v) is 4.41. The van der Waals surface area contributed by atoms with Gasteiger partial charge in [-0.3, -0.25) is 4.79 Å². The molecular formula is C21H19NO5. The molecule has 1 amide bonds. The van der Waals surface area contributed by atoms with Gasteiger partial charge in [-0.15, -0.1) is 0 Å². The second-order valence-electron chi connectivity index (χ2n) is 6.20. The Kier molecular flexibility index (Phi) is 4.46. The summed E-state index contributed by atoms with van der Waals surface area (Å²) in [6, 6.07) is 10.7. The molecule has 0 saturated carbocycles. The lowest BCUT2D eigenvalue weighted by atomic mass is 10.0. The highest BCUT2D eigenvalue weighted by Crippen LogP contribution is 2.34. The van der Waals surface area contributed by atoms with Crippen LogP contribution in [0.2, 0.25) is 0 Å². The van der Waals surface area contributed by atoms with Gasteiger partial charge in [-0.25, -0.2) is 0 Å². The molecule has 2 aromatic carbocycles. The number of rotatable bonds is 4. The number of carbonyl (C=O) groups is 1. The summed E-state index contributed by atoms with van der Waals surface area (Å²) in [5.74, 6) is 2.53. The Bertz CT molecular complexity index is 961. The first kappa shape index (κ1) is 17.0. The minimum absolute atomic E-state index is 0.174. The molecule has 1 N–H and O–H groups in total. The van der Waals surface area contributed by atoms with Crippen LogP contribution >= 0.6 is 0 Å². The van der Waals surface area contributed by atoms with Crippen LogP contribution in [0.15, 0.2) is 54.3 Å². The van der Waals surface area contributed by atoms with Crippen molar-refractivity contribution in [1.82, 2.24) is 0 Å². The summed E-state index contributed by atoms with van der Waals surface area (Å²) >= 11 is 0. The Morgan fingerprint density at radius 2 is 1.89 bits per heavy atom. The van der Waals surface area contributed by atoms with Crippen molar-refractivity contribution in [1.29, 1.82) is 0 Å².